The van der Waals surface area contributed by atoms with Crippen LogP contribution in [0.2, 0.25) is 0 Å². The summed E-state index contributed by atoms with van der Waals surface area (Å²) in [6, 6.07) is 10.6. The zero-order valence-electron chi connectivity index (χ0n) is 19.6. The molecule has 0 saturated carbocycles. The first kappa shape index (κ1) is 21.6. The van der Waals surface area contributed by atoms with Crippen molar-refractivity contribution in [3.05, 3.63) is 71.2 Å². The van der Waals surface area contributed by atoms with E-state index in [1.165, 1.54) is 11.1 Å². The van der Waals surface area contributed by atoms with Crippen LogP contribution in [0.5, 0.6) is 0 Å². The Morgan fingerprint density at radius 1 is 1.12 bits per heavy atom. The van der Waals surface area contributed by atoms with Gasteiger partial charge >= 0.3 is 0 Å². The Hall–Kier alpha value is -3.22. The van der Waals surface area contributed by atoms with E-state index in [1.807, 2.05) is 22.6 Å². The molecule has 0 radical (unpaired) electrons. The molecule has 0 N–H and O–H groups in total. The minimum absolute atomic E-state index is 0.200. The zero-order valence-corrected chi connectivity index (χ0v) is 19.6. The molecule has 33 heavy (non-hydrogen) atoms. The van der Waals surface area contributed by atoms with Crippen LogP contribution in [0.15, 0.2) is 42.7 Å². The molecule has 7 nitrogen and oxygen atoms in total. The predicted molar refractivity (Wildman–Crippen MR) is 128 cm³/mol. The molecule has 0 unspecified atom stereocenters. The van der Waals surface area contributed by atoms with Crippen molar-refractivity contribution in [1.29, 1.82) is 0 Å². The van der Waals surface area contributed by atoms with Gasteiger partial charge in [-0.05, 0) is 38.7 Å². The number of benzene rings is 1. The Morgan fingerprint density at radius 3 is 2.76 bits per heavy atom. The molecule has 2 aromatic heterocycles. The van der Waals surface area contributed by atoms with Gasteiger partial charge in [0.25, 0.3) is 0 Å². The van der Waals surface area contributed by atoms with Gasteiger partial charge in [0.05, 0.1) is 0 Å². The van der Waals surface area contributed by atoms with Gasteiger partial charge in [-0.1, -0.05) is 30.3 Å². The summed E-state index contributed by atoms with van der Waals surface area (Å²) in [5.74, 6) is 3.33. The van der Waals surface area contributed by atoms with E-state index in [9.17, 15) is 4.79 Å². The second-order valence-electron chi connectivity index (χ2n) is 9.22. The van der Waals surface area contributed by atoms with Gasteiger partial charge in [0.1, 0.15) is 17.5 Å². The fraction of sp³-hybridized carbons (Fsp3) is 0.462. The summed E-state index contributed by atoms with van der Waals surface area (Å²) in [6.45, 7) is 8.12. The van der Waals surface area contributed by atoms with Crippen molar-refractivity contribution in [3.8, 4) is 0 Å². The number of nitrogens with zero attached hydrogens (tertiary/aromatic N) is 6. The number of anilines is 1. The number of aryl methyl sites for hydroxylation is 3. The standard InChI is InChI=1S/C26H32N6O/c1-19-23-9-6-13-32(17-21-7-4-3-5-8-21)26(23)29-25(28-19)22-10-14-31(18-22)24(33)11-15-30-16-12-27-20(30)2/h3-5,7-8,12,16,22H,6,9-11,13-15,17-18H2,1-2H3/t22-/m0/s1. The highest BCUT2D eigenvalue weighted by Gasteiger charge is 2.31. The smallest absolute Gasteiger partial charge is 0.224 e. The summed E-state index contributed by atoms with van der Waals surface area (Å²) in [7, 11) is 0. The highest BCUT2D eigenvalue weighted by atomic mass is 16.2. The van der Waals surface area contributed by atoms with Gasteiger partial charge in [-0.25, -0.2) is 15.0 Å². The molecule has 1 atom stereocenters. The van der Waals surface area contributed by atoms with Crippen LogP contribution < -0.4 is 4.90 Å². The minimum atomic E-state index is 0.200. The molecular weight excluding hydrogens is 412 g/mol. The van der Waals surface area contributed by atoms with Crippen molar-refractivity contribution in [2.24, 2.45) is 0 Å². The predicted octanol–water partition coefficient (Wildman–Crippen LogP) is 3.65. The summed E-state index contributed by atoms with van der Waals surface area (Å²) in [5, 5.41) is 0. The molecule has 2 aliphatic rings. The molecule has 1 amide bonds. The molecule has 0 bridgehead atoms. The monoisotopic (exact) mass is 444 g/mol. The highest BCUT2D eigenvalue weighted by molar-refractivity contribution is 5.76. The van der Waals surface area contributed by atoms with E-state index in [1.54, 1.807) is 6.20 Å². The van der Waals surface area contributed by atoms with E-state index in [4.69, 9.17) is 9.97 Å². The first-order chi connectivity index (χ1) is 16.1. The number of rotatable bonds is 6. The lowest BCUT2D eigenvalue weighted by atomic mass is 10.0. The quantitative estimate of drug-likeness (QED) is 0.581. The molecule has 1 saturated heterocycles. The van der Waals surface area contributed by atoms with Gasteiger partial charge < -0.3 is 14.4 Å². The molecule has 172 valence electrons. The number of fused-ring (bicyclic) bond motifs is 1. The highest BCUT2D eigenvalue weighted by Crippen LogP contribution is 2.32. The van der Waals surface area contributed by atoms with Crippen LogP contribution in [-0.2, 0) is 24.3 Å². The van der Waals surface area contributed by atoms with Gasteiger partial charge in [-0.3, -0.25) is 4.79 Å². The average Bonchev–Trinajstić information content (AvgIpc) is 3.48. The summed E-state index contributed by atoms with van der Waals surface area (Å²) in [4.78, 5) is 31.5. The summed E-state index contributed by atoms with van der Waals surface area (Å²) >= 11 is 0. The van der Waals surface area contributed by atoms with Gasteiger partial charge in [0.15, 0.2) is 0 Å². The fourth-order valence-corrected chi connectivity index (χ4v) is 5.06. The molecule has 7 heteroatoms. The van der Waals surface area contributed by atoms with Crippen molar-refractivity contribution in [1.82, 2.24) is 24.4 Å². The molecule has 3 aromatic rings. The Bertz CT molecular complexity index is 1130. The van der Waals surface area contributed by atoms with Gasteiger partial charge in [0.2, 0.25) is 5.91 Å². The van der Waals surface area contributed by atoms with Gasteiger partial charge in [-0.2, -0.15) is 0 Å². The van der Waals surface area contributed by atoms with Crippen LogP contribution in [0.1, 0.15) is 53.7 Å². The van der Waals surface area contributed by atoms with Gasteiger partial charge in [0, 0.05) is 68.7 Å². The van der Waals surface area contributed by atoms with Crippen LogP contribution in [0.3, 0.4) is 0 Å². The topological polar surface area (TPSA) is 67.2 Å². The summed E-state index contributed by atoms with van der Waals surface area (Å²) < 4.78 is 2.03. The second kappa shape index (κ2) is 9.33. The molecule has 5 rings (SSSR count). The zero-order chi connectivity index (χ0) is 22.8. The number of imidazole rings is 1. The number of carbonyl (C=O) groups excluding carboxylic acids is 1. The maximum atomic E-state index is 12.8. The Labute approximate surface area is 195 Å². The lowest BCUT2D eigenvalue weighted by Gasteiger charge is -2.31. The fourth-order valence-electron chi connectivity index (χ4n) is 5.06. The maximum absolute atomic E-state index is 12.8. The number of amides is 1. The molecule has 1 aromatic carbocycles. The van der Waals surface area contributed by atoms with Crippen molar-refractivity contribution < 1.29 is 4.79 Å². The van der Waals surface area contributed by atoms with Crippen LogP contribution in [0, 0.1) is 13.8 Å². The van der Waals surface area contributed by atoms with Crippen molar-refractivity contribution >= 4 is 11.7 Å². The second-order valence-corrected chi connectivity index (χ2v) is 9.22. The number of aromatic nitrogens is 4. The SMILES string of the molecule is Cc1nc([C@H]2CCN(C(=O)CCn3ccnc3C)C2)nc2c1CCCN2Cc1ccccc1. The summed E-state index contributed by atoms with van der Waals surface area (Å²) in [5.41, 5.74) is 3.67. The van der Waals surface area contributed by atoms with Crippen molar-refractivity contribution in [3.63, 3.8) is 0 Å². The van der Waals surface area contributed by atoms with Crippen LogP contribution in [-0.4, -0.2) is 50.0 Å². The largest absolute Gasteiger partial charge is 0.352 e. The average molecular weight is 445 g/mol. The lowest BCUT2D eigenvalue weighted by Crippen LogP contribution is -2.32. The third kappa shape index (κ3) is 4.63. The molecular formula is C26H32N6O. The molecule has 1 fully saturated rings. The minimum Gasteiger partial charge on any atom is -0.352 e. The van der Waals surface area contributed by atoms with E-state index < -0.39 is 0 Å². The summed E-state index contributed by atoms with van der Waals surface area (Å²) in [6.07, 6.45) is 7.30. The van der Waals surface area contributed by atoms with Crippen LogP contribution in [0.25, 0.3) is 0 Å². The normalized spacial score (nSPS) is 17.9. The van der Waals surface area contributed by atoms with E-state index in [2.05, 4.69) is 47.1 Å². The van der Waals surface area contributed by atoms with E-state index in [-0.39, 0.29) is 11.8 Å². The van der Waals surface area contributed by atoms with Crippen LogP contribution >= 0.6 is 0 Å². The van der Waals surface area contributed by atoms with Crippen molar-refractivity contribution in [2.45, 2.75) is 58.5 Å². The third-order valence-electron chi connectivity index (χ3n) is 6.98. The number of hydrogen-bond acceptors (Lipinski definition) is 5. The first-order valence-electron chi connectivity index (χ1n) is 12.0. The number of carbonyl (C=O) groups is 1. The van der Waals surface area contributed by atoms with Crippen LogP contribution in [0.4, 0.5) is 5.82 Å². The molecule has 4 heterocycles. The molecule has 0 aliphatic carbocycles. The van der Waals surface area contributed by atoms with Gasteiger partial charge in [-0.15, -0.1) is 0 Å². The lowest BCUT2D eigenvalue weighted by molar-refractivity contribution is -0.130. The first-order valence-corrected chi connectivity index (χ1v) is 12.0. The van der Waals surface area contributed by atoms with E-state index >= 15 is 0 Å². The Balaban J connectivity index is 1.29. The number of likely N-dealkylation sites (tertiary alicyclic amines) is 1. The van der Waals surface area contributed by atoms with E-state index in [0.717, 1.165) is 62.1 Å². The Morgan fingerprint density at radius 2 is 1.97 bits per heavy atom. The third-order valence-corrected chi connectivity index (χ3v) is 6.98. The van der Waals surface area contributed by atoms with E-state index in [0.29, 0.717) is 19.5 Å². The maximum Gasteiger partial charge on any atom is 0.224 e. The Kier molecular flexibility index (Phi) is 6.11. The number of hydrogen-bond donors (Lipinski definition) is 0. The molecule has 0 spiro atoms. The molecule has 2 aliphatic heterocycles. The van der Waals surface area contributed by atoms with Crippen molar-refractivity contribution in [2.75, 3.05) is 24.5 Å².